The van der Waals surface area contributed by atoms with Crippen molar-refractivity contribution in [3.63, 3.8) is 0 Å². The van der Waals surface area contributed by atoms with Gasteiger partial charge in [0, 0.05) is 13.0 Å². The minimum absolute atomic E-state index is 0.160. The third-order valence-corrected chi connectivity index (χ3v) is 3.74. The van der Waals surface area contributed by atoms with E-state index in [0.717, 1.165) is 12.5 Å². The van der Waals surface area contributed by atoms with Gasteiger partial charge in [-0.1, -0.05) is 13.3 Å². The number of rotatable bonds is 5. The summed E-state index contributed by atoms with van der Waals surface area (Å²) in [5.74, 6) is -0.222. The van der Waals surface area contributed by atoms with E-state index in [1.165, 1.54) is 6.92 Å². The summed E-state index contributed by atoms with van der Waals surface area (Å²) < 4.78 is 10.6. The Bertz CT molecular complexity index is 136. The van der Waals surface area contributed by atoms with E-state index in [9.17, 15) is 4.79 Å². The van der Waals surface area contributed by atoms with E-state index in [0.29, 0.717) is 0 Å². The van der Waals surface area contributed by atoms with Gasteiger partial charge in [0.1, 0.15) is 0 Å². The summed E-state index contributed by atoms with van der Waals surface area (Å²) in [7, 11) is -1.70. The lowest BCUT2D eigenvalue weighted by molar-refractivity contribution is -0.133. The molecular formula is C8H18O3Si. The largest absolute Gasteiger partial charge is 0.497 e. The molecule has 12 heavy (non-hydrogen) atoms. The molecule has 4 heteroatoms. The highest BCUT2D eigenvalue weighted by molar-refractivity contribution is 6.46. The van der Waals surface area contributed by atoms with Crippen molar-refractivity contribution in [3.8, 4) is 0 Å². The van der Waals surface area contributed by atoms with Crippen LogP contribution in [0.4, 0.5) is 0 Å². The Labute approximate surface area is 75.9 Å². The van der Waals surface area contributed by atoms with Gasteiger partial charge in [-0.3, -0.25) is 4.79 Å². The average molecular weight is 190 g/mol. The second-order valence-corrected chi connectivity index (χ2v) is 4.96. The topological polar surface area (TPSA) is 35.5 Å². The van der Waals surface area contributed by atoms with Crippen LogP contribution >= 0.6 is 0 Å². The molecule has 0 radical (unpaired) electrons. The molecule has 1 unspecified atom stereocenters. The molecule has 3 nitrogen and oxygen atoms in total. The lowest BCUT2D eigenvalue weighted by Crippen LogP contribution is -2.28. The second-order valence-electron chi connectivity index (χ2n) is 3.01. The van der Waals surface area contributed by atoms with Crippen LogP contribution in [0.5, 0.6) is 0 Å². The summed E-state index contributed by atoms with van der Waals surface area (Å²) in [4.78, 5) is 10.6. The first kappa shape index (κ1) is 11.6. The van der Waals surface area contributed by atoms with Crippen molar-refractivity contribution in [2.45, 2.75) is 46.3 Å². The second kappa shape index (κ2) is 6.19. The SMILES string of the molecule is CCC[SiH](OC(C)=O)OC(C)C. The monoisotopic (exact) mass is 190 g/mol. The van der Waals surface area contributed by atoms with Gasteiger partial charge < -0.3 is 8.85 Å². The van der Waals surface area contributed by atoms with Crippen molar-refractivity contribution in [3.05, 3.63) is 0 Å². The standard InChI is InChI=1S/C8H18O3Si/c1-5-6-12(10-7(2)3)11-8(4)9/h7,12H,5-6H2,1-4H3. The van der Waals surface area contributed by atoms with E-state index in [4.69, 9.17) is 8.85 Å². The van der Waals surface area contributed by atoms with Crippen molar-refractivity contribution < 1.29 is 13.6 Å². The van der Waals surface area contributed by atoms with Crippen LogP contribution in [0.15, 0.2) is 0 Å². The fraction of sp³-hybridized carbons (Fsp3) is 0.875. The molecule has 1 atom stereocenters. The number of hydrogen-bond donors (Lipinski definition) is 0. The highest BCUT2D eigenvalue weighted by Crippen LogP contribution is 2.04. The molecule has 0 bridgehead atoms. The Hall–Kier alpha value is -0.353. The fourth-order valence-electron chi connectivity index (χ4n) is 0.879. The van der Waals surface area contributed by atoms with Crippen molar-refractivity contribution in [2.75, 3.05) is 0 Å². The quantitative estimate of drug-likeness (QED) is 0.618. The Balaban J connectivity index is 3.77. The molecule has 0 aromatic heterocycles. The first-order valence-corrected chi connectivity index (χ1v) is 6.14. The molecule has 0 saturated heterocycles. The van der Waals surface area contributed by atoms with Crippen LogP contribution < -0.4 is 0 Å². The molecule has 0 fully saturated rings. The van der Waals surface area contributed by atoms with Gasteiger partial charge in [0.25, 0.3) is 5.97 Å². The van der Waals surface area contributed by atoms with Gasteiger partial charge >= 0.3 is 9.28 Å². The average Bonchev–Trinajstić information content (AvgIpc) is 1.84. The summed E-state index contributed by atoms with van der Waals surface area (Å²) >= 11 is 0. The minimum Gasteiger partial charge on any atom is -0.497 e. The third kappa shape index (κ3) is 6.36. The molecule has 72 valence electrons. The first-order valence-electron chi connectivity index (χ1n) is 4.39. The first-order chi connectivity index (χ1) is 5.56. The van der Waals surface area contributed by atoms with E-state index in [1.807, 2.05) is 13.8 Å². The number of carbonyl (C=O) groups excluding carboxylic acids is 1. The van der Waals surface area contributed by atoms with E-state index < -0.39 is 9.28 Å². The van der Waals surface area contributed by atoms with Gasteiger partial charge in [0.15, 0.2) is 0 Å². The molecule has 0 aromatic carbocycles. The van der Waals surface area contributed by atoms with Crippen LogP contribution in [0.3, 0.4) is 0 Å². The zero-order valence-electron chi connectivity index (χ0n) is 8.29. The van der Waals surface area contributed by atoms with Gasteiger partial charge in [0.2, 0.25) is 0 Å². The predicted octanol–water partition coefficient (Wildman–Crippen LogP) is 1.60. The van der Waals surface area contributed by atoms with Crippen LogP contribution in [0.2, 0.25) is 6.04 Å². The Morgan fingerprint density at radius 2 is 2.08 bits per heavy atom. The molecular weight excluding hydrogens is 172 g/mol. The number of carbonyl (C=O) groups is 1. The van der Waals surface area contributed by atoms with Crippen molar-refractivity contribution >= 4 is 15.3 Å². The Morgan fingerprint density at radius 1 is 1.50 bits per heavy atom. The van der Waals surface area contributed by atoms with Gasteiger partial charge in [0.05, 0.1) is 0 Å². The van der Waals surface area contributed by atoms with E-state index >= 15 is 0 Å². The summed E-state index contributed by atoms with van der Waals surface area (Å²) in [6.45, 7) is 7.41. The van der Waals surface area contributed by atoms with E-state index in [1.54, 1.807) is 0 Å². The maximum Gasteiger partial charge on any atom is 0.385 e. The third-order valence-electron chi connectivity index (χ3n) is 1.25. The summed E-state index contributed by atoms with van der Waals surface area (Å²) in [5.41, 5.74) is 0. The molecule has 0 aliphatic carbocycles. The van der Waals surface area contributed by atoms with Crippen molar-refractivity contribution in [1.29, 1.82) is 0 Å². The molecule has 0 aromatic rings. The smallest absolute Gasteiger partial charge is 0.385 e. The maximum atomic E-state index is 10.6. The molecule has 0 spiro atoms. The fourth-order valence-corrected chi connectivity index (χ4v) is 2.64. The molecule has 0 aliphatic rings. The summed E-state index contributed by atoms with van der Waals surface area (Å²) in [6, 6.07) is 0.901. The molecule has 0 heterocycles. The van der Waals surface area contributed by atoms with E-state index in [-0.39, 0.29) is 12.1 Å². The molecule has 0 N–H and O–H groups in total. The summed E-state index contributed by atoms with van der Waals surface area (Å²) in [5, 5.41) is 0. The van der Waals surface area contributed by atoms with Crippen LogP contribution in [0.1, 0.15) is 34.1 Å². The normalized spacial score (nSPS) is 13.1. The Kier molecular flexibility index (Phi) is 6.01. The predicted molar refractivity (Wildman–Crippen MR) is 50.2 cm³/mol. The van der Waals surface area contributed by atoms with Gasteiger partial charge in [-0.15, -0.1) is 0 Å². The van der Waals surface area contributed by atoms with Crippen LogP contribution in [0, 0.1) is 0 Å². The molecule has 0 rings (SSSR count). The summed E-state index contributed by atoms with van der Waals surface area (Å²) in [6.07, 6.45) is 1.17. The van der Waals surface area contributed by atoms with Gasteiger partial charge in [-0.05, 0) is 19.9 Å². The van der Waals surface area contributed by atoms with Crippen LogP contribution in [-0.2, 0) is 13.6 Å². The van der Waals surface area contributed by atoms with Crippen molar-refractivity contribution in [2.24, 2.45) is 0 Å². The lowest BCUT2D eigenvalue weighted by atomic mass is 10.5. The lowest BCUT2D eigenvalue weighted by Gasteiger charge is -2.17. The molecule has 0 saturated carbocycles. The van der Waals surface area contributed by atoms with Gasteiger partial charge in [-0.25, -0.2) is 0 Å². The van der Waals surface area contributed by atoms with E-state index in [2.05, 4.69) is 6.92 Å². The zero-order chi connectivity index (χ0) is 9.56. The zero-order valence-corrected chi connectivity index (χ0v) is 9.45. The van der Waals surface area contributed by atoms with Crippen LogP contribution in [-0.4, -0.2) is 21.4 Å². The Morgan fingerprint density at radius 3 is 2.42 bits per heavy atom. The highest BCUT2D eigenvalue weighted by atomic mass is 28.3. The van der Waals surface area contributed by atoms with Gasteiger partial charge in [-0.2, -0.15) is 0 Å². The molecule has 0 amide bonds. The number of hydrogen-bond acceptors (Lipinski definition) is 3. The molecule has 0 aliphatic heterocycles. The van der Waals surface area contributed by atoms with Crippen molar-refractivity contribution in [1.82, 2.24) is 0 Å². The highest BCUT2D eigenvalue weighted by Gasteiger charge is 2.16. The minimum atomic E-state index is -1.70. The van der Waals surface area contributed by atoms with Crippen LogP contribution in [0.25, 0.3) is 0 Å². The maximum absolute atomic E-state index is 10.6.